The smallest absolute Gasteiger partial charge is 0.317 e. The van der Waals surface area contributed by atoms with Gasteiger partial charge in [-0.05, 0) is 44.7 Å². The molecule has 1 aromatic rings. The first-order valence-corrected chi connectivity index (χ1v) is 11.2. The van der Waals surface area contributed by atoms with E-state index in [2.05, 4.69) is 17.1 Å². The quantitative estimate of drug-likeness (QED) is 0.556. The summed E-state index contributed by atoms with van der Waals surface area (Å²) in [5.41, 5.74) is 0.912. The minimum absolute atomic E-state index is 0.0374. The van der Waals surface area contributed by atoms with E-state index in [-0.39, 0.29) is 22.8 Å². The molecule has 1 saturated heterocycles. The average Bonchev–Trinajstić information content (AvgIpc) is 2.71. The van der Waals surface area contributed by atoms with E-state index in [9.17, 15) is 10.0 Å². The van der Waals surface area contributed by atoms with Crippen molar-refractivity contribution in [3.63, 3.8) is 0 Å². The van der Waals surface area contributed by atoms with E-state index >= 15 is 0 Å². The third-order valence-corrected chi connectivity index (χ3v) is 7.51. The van der Waals surface area contributed by atoms with Gasteiger partial charge in [0.05, 0.1) is 48.0 Å². The van der Waals surface area contributed by atoms with E-state index in [0.717, 1.165) is 31.4 Å². The van der Waals surface area contributed by atoms with Crippen LogP contribution in [-0.4, -0.2) is 67.9 Å². The molecule has 1 aromatic carbocycles. The van der Waals surface area contributed by atoms with Crippen molar-refractivity contribution in [2.75, 3.05) is 45.2 Å². The lowest BCUT2D eigenvalue weighted by Gasteiger charge is -2.55. The Hall–Kier alpha value is -1.21. The third-order valence-electron chi connectivity index (χ3n) is 6.70. The van der Waals surface area contributed by atoms with E-state index in [4.69, 9.17) is 23.2 Å². The van der Waals surface area contributed by atoms with Gasteiger partial charge < -0.3 is 25.0 Å². The summed E-state index contributed by atoms with van der Waals surface area (Å²) >= 11 is 12.5. The summed E-state index contributed by atoms with van der Waals surface area (Å²) in [6.07, 6.45) is 3.87. The highest BCUT2D eigenvalue weighted by atomic mass is 35.5. The Bertz CT molecular complexity index is 715. The Morgan fingerprint density at radius 1 is 1.21 bits per heavy atom. The van der Waals surface area contributed by atoms with Crippen molar-refractivity contribution in [3.8, 4) is 0 Å². The molecule has 1 atom stereocenters. The fourth-order valence-electron chi connectivity index (χ4n) is 4.62. The van der Waals surface area contributed by atoms with Crippen LogP contribution in [0.1, 0.15) is 32.6 Å². The largest absolute Gasteiger partial charge is 0.632 e. The number of benzene rings is 1. The van der Waals surface area contributed by atoms with Gasteiger partial charge >= 0.3 is 6.03 Å². The summed E-state index contributed by atoms with van der Waals surface area (Å²) in [4.78, 5) is 15.6. The molecule has 0 radical (unpaired) electrons. The summed E-state index contributed by atoms with van der Waals surface area (Å²) in [6, 6.07) is 5.89. The molecule has 1 aliphatic carbocycles. The van der Waals surface area contributed by atoms with Gasteiger partial charge in [-0.25, -0.2) is 4.79 Å². The number of hydrogen-bond donors (Lipinski definition) is 1. The standard InChI is InChI=1S/C21H32Cl2N4O2/c1-15(16-7-9-17(10-8-16)24-21(28)25(2)3)27(29)13-11-26(12-14-27)19-6-4-5-18(22)20(19)23/h4-6,15-17H,7-14H2,1-3H3,(H,24,28). The number of quaternary nitrogens is 1. The van der Waals surface area contributed by atoms with Crippen molar-refractivity contribution >= 4 is 34.9 Å². The van der Waals surface area contributed by atoms with Crippen LogP contribution in [0.2, 0.25) is 10.0 Å². The number of piperazine rings is 1. The number of halogens is 2. The average molecular weight is 443 g/mol. The summed E-state index contributed by atoms with van der Waals surface area (Å²) in [5, 5.41) is 17.8. The zero-order valence-corrected chi connectivity index (χ0v) is 19.0. The van der Waals surface area contributed by atoms with Gasteiger partial charge in [-0.3, -0.25) is 0 Å². The molecule has 1 unspecified atom stereocenters. The molecule has 3 rings (SSSR count). The van der Waals surface area contributed by atoms with Crippen LogP contribution >= 0.6 is 23.2 Å². The zero-order chi connectivity index (χ0) is 21.2. The van der Waals surface area contributed by atoms with Gasteiger partial charge in [-0.2, -0.15) is 0 Å². The number of nitrogens with zero attached hydrogens (tertiary/aromatic N) is 3. The highest BCUT2D eigenvalue weighted by molar-refractivity contribution is 6.43. The first kappa shape index (κ1) is 22.5. The monoisotopic (exact) mass is 442 g/mol. The maximum atomic E-state index is 13.6. The molecule has 1 aliphatic heterocycles. The molecule has 6 nitrogen and oxygen atoms in total. The molecule has 1 N–H and O–H groups in total. The van der Waals surface area contributed by atoms with Gasteiger partial charge in [0, 0.05) is 26.1 Å². The second-order valence-electron chi connectivity index (χ2n) is 8.66. The fraction of sp³-hybridized carbons (Fsp3) is 0.667. The van der Waals surface area contributed by atoms with Gasteiger partial charge in [0.1, 0.15) is 0 Å². The van der Waals surface area contributed by atoms with Crippen molar-refractivity contribution in [3.05, 3.63) is 33.5 Å². The molecule has 2 fully saturated rings. The van der Waals surface area contributed by atoms with Gasteiger partial charge in [0.25, 0.3) is 0 Å². The number of urea groups is 1. The Balaban J connectivity index is 1.54. The summed E-state index contributed by atoms with van der Waals surface area (Å²) in [6.45, 7) is 4.59. The predicted octanol–water partition coefficient (Wildman–Crippen LogP) is 4.35. The molecule has 2 amide bonds. The number of rotatable bonds is 4. The van der Waals surface area contributed by atoms with Crippen LogP contribution in [0.25, 0.3) is 0 Å². The second kappa shape index (κ2) is 9.29. The van der Waals surface area contributed by atoms with E-state index in [1.54, 1.807) is 25.1 Å². The first-order chi connectivity index (χ1) is 13.7. The van der Waals surface area contributed by atoms with Crippen LogP contribution in [0.5, 0.6) is 0 Å². The molecule has 162 valence electrons. The summed E-state index contributed by atoms with van der Waals surface area (Å²) in [7, 11) is 3.51. The number of hydroxylamine groups is 3. The maximum absolute atomic E-state index is 13.6. The number of nitrogens with one attached hydrogen (secondary N) is 1. The normalized spacial score (nSPS) is 25.4. The van der Waals surface area contributed by atoms with Crippen LogP contribution in [0.4, 0.5) is 10.5 Å². The molecular weight excluding hydrogens is 411 g/mol. The molecule has 1 heterocycles. The van der Waals surface area contributed by atoms with Crippen molar-refractivity contribution in [1.82, 2.24) is 10.2 Å². The number of amides is 2. The van der Waals surface area contributed by atoms with Crippen molar-refractivity contribution in [2.24, 2.45) is 5.92 Å². The fourth-order valence-corrected chi connectivity index (χ4v) is 5.04. The van der Waals surface area contributed by atoms with Crippen LogP contribution in [-0.2, 0) is 0 Å². The van der Waals surface area contributed by atoms with E-state index in [1.807, 2.05) is 12.1 Å². The van der Waals surface area contributed by atoms with Crippen LogP contribution in [0.15, 0.2) is 18.2 Å². The summed E-state index contributed by atoms with van der Waals surface area (Å²) in [5.74, 6) is 0.404. The summed E-state index contributed by atoms with van der Waals surface area (Å²) < 4.78 is -0.145. The molecule has 0 bridgehead atoms. The lowest BCUT2D eigenvalue weighted by atomic mass is 9.81. The highest BCUT2D eigenvalue weighted by Crippen LogP contribution is 2.36. The zero-order valence-electron chi connectivity index (χ0n) is 17.5. The Kier molecular flexibility index (Phi) is 7.20. The number of hydrogen-bond acceptors (Lipinski definition) is 3. The SMILES string of the molecule is CC(C1CCC(NC(=O)N(C)C)CC1)[N+]1([O-])CCN(c2cccc(Cl)c2Cl)CC1. The lowest BCUT2D eigenvalue weighted by molar-refractivity contribution is -0.908. The minimum atomic E-state index is -0.145. The number of carbonyl (C=O) groups is 1. The molecule has 8 heteroatoms. The minimum Gasteiger partial charge on any atom is -0.632 e. The third kappa shape index (κ3) is 5.10. The molecule has 1 saturated carbocycles. The van der Waals surface area contributed by atoms with E-state index < -0.39 is 0 Å². The second-order valence-corrected chi connectivity index (χ2v) is 9.44. The Morgan fingerprint density at radius 2 is 1.83 bits per heavy atom. The van der Waals surface area contributed by atoms with Crippen molar-refractivity contribution in [1.29, 1.82) is 0 Å². The molecule has 29 heavy (non-hydrogen) atoms. The Morgan fingerprint density at radius 3 is 2.41 bits per heavy atom. The topological polar surface area (TPSA) is 58.6 Å². The molecule has 0 aromatic heterocycles. The van der Waals surface area contributed by atoms with Crippen LogP contribution in [0, 0.1) is 11.1 Å². The number of carbonyl (C=O) groups excluding carboxylic acids is 1. The van der Waals surface area contributed by atoms with Crippen LogP contribution < -0.4 is 10.2 Å². The van der Waals surface area contributed by atoms with Crippen LogP contribution in [0.3, 0.4) is 0 Å². The highest BCUT2D eigenvalue weighted by Gasteiger charge is 2.37. The number of anilines is 1. The molecule has 2 aliphatic rings. The van der Waals surface area contributed by atoms with Gasteiger partial charge in [-0.15, -0.1) is 0 Å². The lowest BCUT2D eigenvalue weighted by Crippen LogP contribution is -2.62. The maximum Gasteiger partial charge on any atom is 0.317 e. The van der Waals surface area contributed by atoms with Crippen molar-refractivity contribution in [2.45, 2.75) is 44.7 Å². The Labute approximate surface area is 183 Å². The first-order valence-electron chi connectivity index (χ1n) is 10.5. The van der Waals surface area contributed by atoms with E-state index in [1.165, 1.54) is 0 Å². The van der Waals surface area contributed by atoms with Gasteiger partial charge in [0.2, 0.25) is 0 Å². The van der Waals surface area contributed by atoms with Gasteiger partial charge in [0.15, 0.2) is 0 Å². The van der Waals surface area contributed by atoms with Crippen molar-refractivity contribution < 1.29 is 9.44 Å². The molecule has 0 spiro atoms. The van der Waals surface area contributed by atoms with Gasteiger partial charge in [-0.1, -0.05) is 29.3 Å². The predicted molar refractivity (Wildman–Crippen MR) is 119 cm³/mol. The molecular formula is C21H32Cl2N4O2. The van der Waals surface area contributed by atoms with E-state index in [0.29, 0.717) is 42.1 Å².